The molecule has 0 amide bonds. The van der Waals surface area contributed by atoms with Crippen LogP contribution in [0, 0.1) is 5.92 Å². The Morgan fingerprint density at radius 1 is 1.06 bits per heavy atom. The molecule has 0 heterocycles. The summed E-state index contributed by atoms with van der Waals surface area (Å²) in [5.41, 5.74) is 6.89. The molecule has 3 nitrogen and oxygen atoms in total. The van der Waals surface area contributed by atoms with Gasteiger partial charge in [0.05, 0.1) is 6.61 Å². The van der Waals surface area contributed by atoms with E-state index in [-0.39, 0.29) is 6.04 Å². The second-order valence-electron chi connectivity index (χ2n) is 4.67. The number of rotatable bonds is 7. The van der Waals surface area contributed by atoms with Crippen LogP contribution in [-0.2, 0) is 4.74 Å². The van der Waals surface area contributed by atoms with E-state index in [4.69, 9.17) is 15.2 Å². The van der Waals surface area contributed by atoms with Crippen LogP contribution in [0.4, 0.5) is 0 Å². The van der Waals surface area contributed by atoms with Crippen LogP contribution in [0.25, 0.3) is 0 Å². The van der Waals surface area contributed by atoms with E-state index in [9.17, 15) is 0 Å². The van der Waals surface area contributed by atoms with Gasteiger partial charge in [0.1, 0.15) is 12.4 Å². The van der Waals surface area contributed by atoms with Crippen molar-refractivity contribution in [1.29, 1.82) is 0 Å². The number of nitrogens with two attached hydrogens (primary N) is 1. The molecule has 0 bridgehead atoms. The fraction of sp³-hybridized carbons (Fsp3) is 0.571. The van der Waals surface area contributed by atoms with Gasteiger partial charge in [0.2, 0.25) is 0 Å². The summed E-state index contributed by atoms with van der Waals surface area (Å²) in [5.74, 6) is 1.43. The summed E-state index contributed by atoms with van der Waals surface area (Å²) < 4.78 is 11.0. The first-order valence-electron chi connectivity index (χ1n) is 6.15. The Kier molecular flexibility index (Phi) is 6.01. The van der Waals surface area contributed by atoms with Crippen molar-refractivity contribution in [2.24, 2.45) is 11.7 Å². The van der Waals surface area contributed by atoms with Gasteiger partial charge >= 0.3 is 0 Å². The summed E-state index contributed by atoms with van der Waals surface area (Å²) in [6, 6.07) is 7.95. The van der Waals surface area contributed by atoms with Crippen molar-refractivity contribution in [3.8, 4) is 5.75 Å². The first-order chi connectivity index (χ1) is 8.09. The Labute approximate surface area is 104 Å². The van der Waals surface area contributed by atoms with Gasteiger partial charge in [-0.15, -0.1) is 0 Å². The molecule has 0 saturated carbocycles. The van der Waals surface area contributed by atoms with Crippen LogP contribution < -0.4 is 10.5 Å². The molecule has 0 spiro atoms. The van der Waals surface area contributed by atoms with Crippen molar-refractivity contribution in [2.75, 3.05) is 19.8 Å². The van der Waals surface area contributed by atoms with Crippen LogP contribution in [0.15, 0.2) is 24.3 Å². The third-order valence-corrected chi connectivity index (χ3v) is 2.35. The summed E-state index contributed by atoms with van der Waals surface area (Å²) in [7, 11) is 0. The average molecular weight is 237 g/mol. The number of hydrogen-bond donors (Lipinski definition) is 1. The standard InChI is InChI=1S/C14H23NO2/c1-11(2)10-16-8-9-17-14-6-4-13(5-7-14)12(3)15/h4-7,11-12H,8-10,15H2,1-3H3/t12-/m0/s1. The molecule has 17 heavy (non-hydrogen) atoms. The van der Waals surface area contributed by atoms with Gasteiger partial charge in [0.15, 0.2) is 0 Å². The lowest BCUT2D eigenvalue weighted by atomic mass is 10.1. The van der Waals surface area contributed by atoms with Crippen molar-refractivity contribution in [3.05, 3.63) is 29.8 Å². The lowest BCUT2D eigenvalue weighted by Crippen LogP contribution is -2.10. The monoisotopic (exact) mass is 237 g/mol. The fourth-order valence-corrected chi connectivity index (χ4v) is 1.41. The molecule has 1 aromatic rings. The van der Waals surface area contributed by atoms with E-state index in [2.05, 4.69) is 13.8 Å². The van der Waals surface area contributed by atoms with Crippen LogP contribution in [0.5, 0.6) is 5.75 Å². The molecule has 0 aliphatic rings. The van der Waals surface area contributed by atoms with Gasteiger partial charge in [-0.05, 0) is 30.5 Å². The predicted molar refractivity (Wildman–Crippen MR) is 70.2 cm³/mol. The third kappa shape index (κ3) is 5.71. The highest BCUT2D eigenvalue weighted by molar-refractivity contribution is 5.28. The summed E-state index contributed by atoms with van der Waals surface area (Å²) in [5, 5.41) is 0. The van der Waals surface area contributed by atoms with E-state index in [1.54, 1.807) is 0 Å². The van der Waals surface area contributed by atoms with Crippen molar-refractivity contribution in [3.63, 3.8) is 0 Å². The van der Waals surface area contributed by atoms with E-state index in [1.165, 1.54) is 0 Å². The molecule has 0 aromatic heterocycles. The smallest absolute Gasteiger partial charge is 0.119 e. The molecular formula is C14H23NO2. The van der Waals surface area contributed by atoms with Crippen LogP contribution in [0.2, 0.25) is 0 Å². The van der Waals surface area contributed by atoms with Crippen molar-refractivity contribution < 1.29 is 9.47 Å². The first kappa shape index (κ1) is 14.0. The Hall–Kier alpha value is -1.06. The van der Waals surface area contributed by atoms with E-state index in [1.807, 2.05) is 31.2 Å². The Balaban J connectivity index is 2.23. The molecule has 2 N–H and O–H groups in total. The molecule has 1 aromatic carbocycles. The Bertz CT molecular complexity index is 307. The first-order valence-corrected chi connectivity index (χ1v) is 6.15. The summed E-state index contributed by atoms with van der Waals surface area (Å²) in [6.07, 6.45) is 0. The van der Waals surface area contributed by atoms with Gasteiger partial charge in [0.25, 0.3) is 0 Å². The normalized spacial score (nSPS) is 12.8. The lowest BCUT2D eigenvalue weighted by Gasteiger charge is -2.10. The second kappa shape index (κ2) is 7.30. The van der Waals surface area contributed by atoms with E-state index in [0.717, 1.165) is 17.9 Å². The predicted octanol–water partition coefficient (Wildman–Crippen LogP) is 2.76. The summed E-state index contributed by atoms with van der Waals surface area (Å²) >= 11 is 0. The molecule has 1 atom stereocenters. The molecule has 0 aliphatic carbocycles. The molecular weight excluding hydrogens is 214 g/mol. The molecule has 1 rings (SSSR count). The van der Waals surface area contributed by atoms with E-state index in [0.29, 0.717) is 19.1 Å². The van der Waals surface area contributed by atoms with Gasteiger partial charge in [-0.1, -0.05) is 26.0 Å². The lowest BCUT2D eigenvalue weighted by molar-refractivity contribution is 0.0819. The maximum absolute atomic E-state index is 5.77. The van der Waals surface area contributed by atoms with Crippen LogP contribution in [0.3, 0.4) is 0 Å². The number of hydrogen-bond acceptors (Lipinski definition) is 3. The highest BCUT2D eigenvalue weighted by Crippen LogP contribution is 2.15. The van der Waals surface area contributed by atoms with Gasteiger partial charge in [-0.3, -0.25) is 0 Å². The third-order valence-electron chi connectivity index (χ3n) is 2.35. The topological polar surface area (TPSA) is 44.5 Å². The summed E-state index contributed by atoms with van der Waals surface area (Å²) in [4.78, 5) is 0. The van der Waals surface area contributed by atoms with Crippen molar-refractivity contribution >= 4 is 0 Å². The van der Waals surface area contributed by atoms with Gasteiger partial charge in [0, 0.05) is 12.6 Å². The Morgan fingerprint density at radius 2 is 1.71 bits per heavy atom. The van der Waals surface area contributed by atoms with Crippen LogP contribution in [-0.4, -0.2) is 19.8 Å². The zero-order valence-electron chi connectivity index (χ0n) is 11.0. The fourth-order valence-electron chi connectivity index (χ4n) is 1.41. The van der Waals surface area contributed by atoms with E-state index < -0.39 is 0 Å². The summed E-state index contributed by atoms with van der Waals surface area (Å²) in [6.45, 7) is 8.24. The Morgan fingerprint density at radius 3 is 2.24 bits per heavy atom. The maximum Gasteiger partial charge on any atom is 0.119 e. The zero-order valence-corrected chi connectivity index (χ0v) is 11.0. The van der Waals surface area contributed by atoms with Crippen molar-refractivity contribution in [1.82, 2.24) is 0 Å². The van der Waals surface area contributed by atoms with Crippen LogP contribution >= 0.6 is 0 Å². The quantitative estimate of drug-likeness (QED) is 0.742. The number of ether oxygens (including phenoxy) is 2. The SMILES string of the molecule is CC(C)COCCOc1ccc([C@H](C)N)cc1. The molecule has 0 saturated heterocycles. The molecule has 0 fully saturated rings. The second-order valence-corrected chi connectivity index (χ2v) is 4.67. The maximum atomic E-state index is 5.77. The minimum absolute atomic E-state index is 0.0680. The van der Waals surface area contributed by atoms with Crippen LogP contribution in [0.1, 0.15) is 32.4 Å². The number of benzene rings is 1. The average Bonchev–Trinajstić information content (AvgIpc) is 2.29. The zero-order chi connectivity index (χ0) is 12.7. The minimum Gasteiger partial charge on any atom is -0.491 e. The van der Waals surface area contributed by atoms with Crippen molar-refractivity contribution in [2.45, 2.75) is 26.8 Å². The molecule has 0 unspecified atom stereocenters. The molecule has 3 heteroatoms. The molecule has 96 valence electrons. The van der Waals surface area contributed by atoms with E-state index >= 15 is 0 Å². The highest BCUT2D eigenvalue weighted by Gasteiger charge is 1.99. The van der Waals surface area contributed by atoms with Gasteiger partial charge < -0.3 is 15.2 Å². The minimum atomic E-state index is 0.0680. The highest BCUT2D eigenvalue weighted by atomic mass is 16.5. The largest absolute Gasteiger partial charge is 0.491 e. The van der Waals surface area contributed by atoms with Gasteiger partial charge in [-0.2, -0.15) is 0 Å². The van der Waals surface area contributed by atoms with Gasteiger partial charge in [-0.25, -0.2) is 0 Å². The molecule has 0 radical (unpaired) electrons. The molecule has 0 aliphatic heterocycles.